The number of likely N-dealkylation sites (tertiary alicyclic amines) is 2. The summed E-state index contributed by atoms with van der Waals surface area (Å²) < 4.78 is 0. The molecule has 4 aromatic rings. The van der Waals surface area contributed by atoms with Gasteiger partial charge < -0.3 is 15.5 Å². The van der Waals surface area contributed by atoms with Gasteiger partial charge in [-0.05, 0) is 61.8 Å². The number of nitrogens with zero attached hydrogens (tertiary/aromatic N) is 3. The number of Topliss-reactive ketones (excluding diaryl/α,β-unsaturated/α-hetero) is 1. The first-order valence-electron chi connectivity index (χ1n) is 17.3. The van der Waals surface area contributed by atoms with E-state index in [-0.39, 0.29) is 35.1 Å². The summed E-state index contributed by atoms with van der Waals surface area (Å²) in [5.74, 6) is 0.431. The Morgan fingerprint density at radius 3 is 1.41 bits per heavy atom. The van der Waals surface area contributed by atoms with Crippen molar-refractivity contribution in [2.75, 3.05) is 13.1 Å². The molecule has 8 rings (SSSR count). The van der Waals surface area contributed by atoms with Gasteiger partial charge in [0.05, 0.1) is 24.5 Å². The van der Waals surface area contributed by atoms with E-state index in [0.717, 1.165) is 37.0 Å². The molecular formula is C42H46N4O3. The molecule has 2 saturated carbocycles. The molecule has 2 N–H and O–H groups in total. The Balaban J connectivity index is 0.000000143. The maximum absolute atomic E-state index is 12.9. The number of carbonyl (C=O) groups is 3. The fraction of sp³-hybridized carbons (Fsp3) is 0.333. The van der Waals surface area contributed by atoms with Gasteiger partial charge in [-0.2, -0.15) is 0 Å². The first-order chi connectivity index (χ1) is 23.7. The number of nitrogens with two attached hydrogens (primary N) is 1. The third-order valence-electron chi connectivity index (χ3n) is 10.0. The summed E-state index contributed by atoms with van der Waals surface area (Å²) in [7, 11) is 0. The van der Waals surface area contributed by atoms with Gasteiger partial charge in [0.15, 0.2) is 5.78 Å². The molecule has 49 heavy (non-hydrogen) atoms. The highest BCUT2D eigenvalue weighted by atomic mass is 16.2. The summed E-state index contributed by atoms with van der Waals surface area (Å²) in [4.78, 5) is 45.2. The van der Waals surface area contributed by atoms with Crippen molar-refractivity contribution in [2.24, 2.45) is 21.6 Å². The first-order valence-corrected chi connectivity index (χ1v) is 17.3. The summed E-state index contributed by atoms with van der Waals surface area (Å²) in [5, 5.41) is 0. The average molecular weight is 655 g/mol. The third-order valence-corrected chi connectivity index (χ3v) is 10.0. The molecule has 2 heterocycles. The van der Waals surface area contributed by atoms with Crippen molar-refractivity contribution in [3.05, 3.63) is 144 Å². The minimum atomic E-state index is -0.589. The molecule has 4 aromatic carbocycles. The van der Waals surface area contributed by atoms with E-state index in [1.54, 1.807) is 4.90 Å². The van der Waals surface area contributed by atoms with Gasteiger partial charge in [0.2, 0.25) is 11.8 Å². The zero-order chi connectivity index (χ0) is 34.4. The number of rotatable bonds is 7. The molecule has 2 aliphatic heterocycles. The Labute approximate surface area is 289 Å². The van der Waals surface area contributed by atoms with Gasteiger partial charge in [0.25, 0.3) is 0 Å². The van der Waals surface area contributed by atoms with Crippen molar-refractivity contribution in [3.63, 3.8) is 0 Å². The zero-order valence-corrected chi connectivity index (χ0v) is 28.5. The van der Waals surface area contributed by atoms with Crippen LogP contribution in [0.1, 0.15) is 73.9 Å². The molecule has 2 spiro atoms. The van der Waals surface area contributed by atoms with Gasteiger partial charge in [0.1, 0.15) is 5.41 Å². The number of benzene rings is 4. The smallest absolute Gasteiger partial charge is 0.237 e. The fourth-order valence-electron chi connectivity index (χ4n) is 6.72. The standard InChI is InChI=1S/C21H22N2O.C13H13NO2.C8H11N/c1-16(18-10-6-3-7-11-18)22-19-15-23(20(24)21(19)12-13-21)14-17-8-4-2-5-9-17;15-11-9-14(12(16)13(11)6-7-13)8-10-4-2-1-3-5-10;1-7(9)8-5-3-2-4-6-8/h2-11,16H,12-15H2,1H3;1-5H,6-9H2;2-7H,9H2,1H3/t16-;;7-/m1.1/s1. The molecule has 2 atom stereocenters. The van der Waals surface area contributed by atoms with Gasteiger partial charge in [-0.25, -0.2) is 0 Å². The SMILES string of the molecule is C[C@@H](N)c1ccccc1.C[C@@H](N=C1CN(Cc2ccccc2)C(=O)C12CC2)c1ccccc1.O=C1CN(Cc2ccccc2)C(=O)C12CC2. The van der Waals surface area contributed by atoms with E-state index in [4.69, 9.17) is 10.7 Å². The lowest BCUT2D eigenvalue weighted by Gasteiger charge is -2.15. The highest BCUT2D eigenvalue weighted by Gasteiger charge is 2.62. The molecule has 2 aliphatic carbocycles. The van der Waals surface area contributed by atoms with Gasteiger partial charge in [0, 0.05) is 24.8 Å². The van der Waals surface area contributed by atoms with Gasteiger partial charge in [-0.3, -0.25) is 19.4 Å². The average Bonchev–Trinajstić information content (AvgIpc) is 4.06. The number of aliphatic imine (C=N–C) groups is 1. The van der Waals surface area contributed by atoms with Crippen LogP contribution in [0.15, 0.2) is 126 Å². The molecule has 4 fully saturated rings. The van der Waals surface area contributed by atoms with E-state index in [0.29, 0.717) is 26.2 Å². The predicted octanol–water partition coefficient (Wildman–Crippen LogP) is 7.10. The summed E-state index contributed by atoms with van der Waals surface area (Å²) in [5.41, 5.74) is 10.5. The van der Waals surface area contributed by atoms with Crippen LogP contribution in [0.25, 0.3) is 0 Å². The van der Waals surface area contributed by atoms with E-state index in [9.17, 15) is 14.4 Å². The van der Waals surface area contributed by atoms with Crippen molar-refractivity contribution in [1.29, 1.82) is 0 Å². The van der Waals surface area contributed by atoms with Crippen LogP contribution in [0.3, 0.4) is 0 Å². The topological polar surface area (TPSA) is 96.1 Å². The Kier molecular flexibility index (Phi) is 10.2. The van der Waals surface area contributed by atoms with Crippen LogP contribution in [-0.4, -0.2) is 46.2 Å². The van der Waals surface area contributed by atoms with Crippen molar-refractivity contribution in [3.8, 4) is 0 Å². The monoisotopic (exact) mass is 654 g/mol. The lowest BCUT2D eigenvalue weighted by molar-refractivity contribution is -0.134. The van der Waals surface area contributed by atoms with Crippen LogP contribution in [0.4, 0.5) is 0 Å². The first kappa shape index (κ1) is 34.0. The molecule has 2 saturated heterocycles. The van der Waals surface area contributed by atoms with E-state index >= 15 is 0 Å². The van der Waals surface area contributed by atoms with E-state index in [2.05, 4.69) is 31.2 Å². The second-order valence-electron chi connectivity index (χ2n) is 13.7. The van der Waals surface area contributed by atoms with Gasteiger partial charge in [-0.1, -0.05) is 121 Å². The normalized spacial score (nSPS) is 20.1. The maximum Gasteiger partial charge on any atom is 0.237 e. The zero-order valence-electron chi connectivity index (χ0n) is 28.5. The lowest BCUT2D eigenvalue weighted by atomic mass is 10.0. The summed E-state index contributed by atoms with van der Waals surface area (Å²) >= 11 is 0. The predicted molar refractivity (Wildman–Crippen MR) is 193 cm³/mol. The van der Waals surface area contributed by atoms with Crippen LogP contribution in [0.2, 0.25) is 0 Å². The minimum Gasteiger partial charge on any atom is -0.332 e. The molecule has 0 radical (unpaired) electrons. The van der Waals surface area contributed by atoms with Crippen molar-refractivity contribution < 1.29 is 14.4 Å². The van der Waals surface area contributed by atoms with Crippen molar-refractivity contribution in [2.45, 2.75) is 64.7 Å². The summed E-state index contributed by atoms with van der Waals surface area (Å²) in [6.07, 6.45) is 3.43. The second kappa shape index (κ2) is 14.7. The number of carbonyl (C=O) groups excluding carboxylic acids is 3. The molecule has 7 heteroatoms. The molecule has 4 aliphatic rings. The van der Waals surface area contributed by atoms with Crippen LogP contribution in [0, 0.1) is 10.8 Å². The van der Waals surface area contributed by atoms with Crippen molar-refractivity contribution >= 4 is 23.3 Å². The van der Waals surface area contributed by atoms with Crippen LogP contribution >= 0.6 is 0 Å². The molecule has 252 valence electrons. The van der Waals surface area contributed by atoms with E-state index in [1.165, 1.54) is 16.7 Å². The molecule has 2 amide bonds. The quantitative estimate of drug-likeness (QED) is 0.215. The Bertz CT molecular complexity index is 1770. The second-order valence-corrected chi connectivity index (χ2v) is 13.7. The Morgan fingerprint density at radius 2 is 1.00 bits per heavy atom. The summed E-state index contributed by atoms with van der Waals surface area (Å²) in [6, 6.07) is 40.6. The van der Waals surface area contributed by atoms with E-state index < -0.39 is 5.41 Å². The molecule has 0 unspecified atom stereocenters. The van der Waals surface area contributed by atoms with Crippen LogP contribution in [0.5, 0.6) is 0 Å². The van der Waals surface area contributed by atoms with Crippen molar-refractivity contribution in [1.82, 2.24) is 9.80 Å². The minimum absolute atomic E-state index is 0.0429. The molecule has 0 aromatic heterocycles. The Morgan fingerprint density at radius 1 is 0.592 bits per heavy atom. The molecular weight excluding hydrogens is 608 g/mol. The highest BCUT2D eigenvalue weighted by Crippen LogP contribution is 2.53. The van der Waals surface area contributed by atoms with Crippen LogP contribution in [-0.2, 0) is 27.5 Å². The Hall–Kier alpha value is -4.88. The fourth-order valence-corrected chi connectivity index (χ4v) is 6.72. The lowest BCUT2D eigenvalue weighted by Crippen LogP contribution is -2.27. The molecule has 7 nitrogen and oxygen atoms in total. The number of ketones is 1. The molecule has 0 bridgehead atoms. The largest absolute Gasteiger partial charge is 0.332 e. The third kappa shape index (κ3) is 7.73. The maximum atomic E-state index is 12.9. The highest BCUT2D eigenvalue weighted by molar-refractivity contribution is 6.17. The number of amides is 2. The number of hydrogen-bond donors (Lipinski definition) is 1. The van der Waals surface area contributed by atoms with Gasteiger partial charge in [-0.15, -0.1) is 0 Å². The van der Waals surface area contributed by atoms with Crippen LogP contribution < -0.4 is 5.73 Å². The summed E-state index contributed by atoms with van der Waals surface area (Å²) in [6.45, 7) is 6.31. The number of hydrogen-bond acceptors (Lipinski definition) is 5. The van der Waals surface area contributed by atoms with Gasteiger partial charge >= 0.3 is 0 Å². The van der Waals surface area contributed by atoms with E-state index in [1.807, 2.05) is 109 Å².